The number of rotatable bonds is 7. The molecule has 180 valence electrons. The van der Waals surface area contributed by atoms with E-state index in [1.165, 1.54) is 16.0 Å². The molecule has 0 N–H and O–H groups in total. The highest BCUT2D eigenvalue weighted by Crippen LogP contribution is 2.32. The second-order valence-electron chi connectivity index (χ2n) is 9.01. The summed E-state index contributed by atoms with van der Waals surface area (Å²) < 4.78 is 5.49. The lowest BCUT2D eigenvalue weighted by Gasteiger charge is -2.41. The van der Waals surface area contributed by atoms with Gasteiger partial charge in [-0.15, -0.1) is 0 Å². The number of ether oxygens (including phenoxy) is 1. The first-order valence-corrected chi connectivity index (χ1v) is 12.3. The second kappa shape index (κ2) is 10.4. The second-order valence-corrected chi connectivity index (χ2v) is 9.01. The molecule has 3 aromatic rings. The third-order valence-corrected chi connectivity index (χ3v) is 6.91. The minimum atomic E-state index is -0.400. The molecule has 0 radical (unpaired) electrons. The highest BCUT2D eigenvalue weighted by Gasteiger charge is 2.43. The molecule has 2 amide bonds. The quantitative estimate of drug-likeness (QED) is 0.487. The number of nitrogens with zero attached hydrogens (tertiary/aromatic N) is 3. The van der Waals surface area contributed by atoms with Crippen molar-refractivity contribution >= 4 is 17.5 Å². The maximum atomic E-state index is 13.3. The standard InChI is InChI=1S/C29H31N3O3/c1-2-35-25-15-13-24(14-16-25)32-27(33)21-26(29(32)34)30-17-19-31(20-18-30)28(22-9-5-3-6-10-22)23-11-7-4-8-12-23/h3-16,26,28H,2,17-21H2,1H3. The van der Waals surface area contributed by atoms with E-state index < -0.39 is 6.04 Å². The molecular formula is C29H31N3O3. The van der Waals surface area contributed by atoms with Crippen molar-refractivity contribution in [3.8, 4) is 5.75 Å². The molecule has 2 heterocycles. The molecule has 3 aromatic carbocycles. The van der Waals surface area contributed by atoms with E-state index in [9.17, 15) is 9.59 Å². The van der Waals surface area contributed by atoms with Crippen LogP contribution in [0.25, 0.3) is 0 Å². The Bertz CT molecular complexity index is 1100. The zero-order chi connectivity index (χ0) is 24.2. The van der Waals surface area contributed by atoms with Gasteiger partial charge < -0.3 is 4.74 Å². The fourth-order valence-electron chi connectivity index (χ4n) is 5.22. The summed E-state index contributed by atoms with van der Waals surface area (Å²) in [5.74, 6) is 0.461. The molecule has 2 fully saturated rings. The van der Waals surface area contributed by atoms with Crippen LogP contribution in [0.3, 0.4) is 0 Å². The van der Waals surface area contributed by atoms with Gasteiger partial charge in [0.05, 0.1) is 30.8 Å². The normalized spacial score (nSPS) is 19.5. The first-order valence-electron chi connectivity index (χ1n) is 12.3. The zero-order valence-electron chi connectivity index (χ0n) is 20.0. The van der Waals surface area contributed by atoms with E-state index in [2.05, 4.69) is 58.3 Å². The summed E-state index contributed by atoms with van der Waals surface area (Å²) >= 11 is 0. The lowest BCUT2D eigenvalue weighted by atomic mass is 9.96. The van der Waals surface area contributed by atoms with Gasteiger partial charge in [0.15, 0.2) is 0 Å². The van der Waals surface area contributed by atoms with Crippen molar-refractivity contribution in [2.45, 2.75) is 25.4 Å². The van der Waals surface area contributed by atoms with Crippen molar-refractivity contribution in [1.82, 2.24) is 9.80 Å². The van der Waals surface area contributed by atoms with Crippen LogP contribution in [-0.2, 0) is 9.59 Å². The zero-order valence-corrected chi connectivity index (χ0v) is 20.0. The molecule has 0 spiro atoms. The fraction of sp³-hybridized carbons (Fsp3) is 0.310. The van der Waals surface area contributed by atoms with E-state index in [-0.39, 0.29) is 24.3 Å². The number of anilines is 1. The van der Waals surface area contributed by atoms with Crippen molar-refractivity contribution < 1.29 is 14.3 Å². The Balaban J connectivity index is 1.28. The Labute approximate surface area is 206 Å². The van der Waals surface area contributed by atoms with Gasteiger partial charge in [0.25, 0.3) is 5.91 Å². The topological polar surface area (TPSA) is 53.1 Å². The van der Waals surface area contributed by atoms with Crippen molar-refractivity contribution in [3.63, 3.8) is 0 Å². The Kier molecular flexibility index (Phi) is 6.93. The average Bonchev–Trinajstić information content (AvgIpc) is 3.20. The highest BCUT2D eigenvalue weighted by molar-refractivity contribution is 6.22. The molecule has 1 atom stereocenters. The van der Waals surface area contributed by atoms with Crippen LogP contribution >= 0.6 is 0 Å². The van der Waals surface area contributed by atoms with Gasteiger partial charge in [0.1, 0.15) is 5.75 Å². The Morgan fingerprint density at radius 3 is 1.91 bits per heavy atom. The number of carbonyl (C=O) groups excluding carboxylic acids is 2. The molecular weight excluding hydrogens is 438 g/mol. The van der Waals surface area contributed by atoms with Gasteiger partial charge in [0, 0.05) is 26.2 Å². The number of piperazine rings is 1. The van der Waals surface area contributed by atoms with Crippen molar-refractivity contribution in [2.24, 2.45) is 0 Å². The van der Waals surface area contributed by atoms with Crippen LogP contribution in [0.5, 0.6) is 5.75 Å². The number of hydrogen-bond acceptors (Lipinski definition) is 5. The Hall–Kier alpha value is -3.48. The predicted molar refractivity (Wildman–Crippen MR) is 136 cm³/mol. The summed E-state index contributed by atoms with van der Waals surface area (Å²) in [6, 6.07) is 28.1. The maximum absolute atomic E-state index is 13.3. The Morgan fingerprint density at radius 1 is 0.800 bits per heavy atom. The third kappa shape index (κ3) is 4.85. The highest BCUT2D eigenvalue weighted by atomic mass is 16.5. The SMILES string of the molecule is CCOc1ccc(N2C(=O)CC(N3CCN(C(c4ccccc4)c4ccccc4)CC3)C2=O)cc1. The summed E-state index contributed by atoms with van der Waals surface area (Å²) in [7, 11) is 0. The first-order chi connectivity index (χ1) is 17.2. The minimum Gasteiger partial charge on any atom is -0.494 e. The van der Waals surface area contributed by atoms with E-state index in [1.807, 2.05) is 19.1 Å². The van der Waals surface area contributed by atoms with Gasteiger partial charge in [-0.3, -0.25) is 19.4 Å². The van der Waals surface area contributed by atoms with E-state index in [1.54, 1.807) is 24.3 Å². The fourth-order valence-corrected chi connectivity index (χ4v) is 5.22. The van der Waals surface area contributed by atoms with Crippen LogP contribution < -0.4 is 9.64 Å². The number of carbonyl (C=O) groups is 2. The number of hydrogen-bond donors (Lipinski definition) is 0. The summed E-state index contributed by atoms with van der Waals surface area (Å²) in [5.41, 5.74) is 3.14. The molecule has 0 bridgehead atoms. The van der Waals surface area contributed by atoms with E-state index in [4.69, 9.17) is 4.74 Å². The molecule has 0 aliphatic carbocycles. The molecule has 35 heavy (non-hydrogen) atoms. The number of imide groups is 1. The average molecular weight is 470 g/mol. The molecule has 6 nitrogen and oxygen atoms in total. The van der Waals surface area contributed by atoms with Gasteiger partial charge in [-0.2, -0.15) is 0 Å². The molecule has 0 saturated carbocycles. The summed E-state index contributed by atoms with van der Waals surface area (Å²) in [4.78, 5) is 32.1. The number of amides is 2. The summed E-state index contributed by atoms with van der Waals surface area (Å²) in [6.07, 6.45) is 0.229. The van der Waals surface area contributed by atoms with Gasteiger partial charge in [-0.05, 0) is 42.3 Å². The van der Waals surface area contributed by atoms with Crippen LogP contribution in [0.4, 0.5) is 5.69 Å². The minimum absolute atomic E-state index is 0.129. The van der Waals surface area contributed by atoms with Crippen molar-refractivity contribution in [3.05, 3.63) is 96.1 Å². The van der Waals surface area contributed by atoms with Crippen LogP contribution in [-0.4, -0.2) is 60.4 Å². The van der Waals surface area contributed by atoms with E-state index in [0.717, 1.165) is 31.9 Å². The van der Waals surface area contributed by atoms with Gasteiger partial charge >= 0.3 is 0 Å². The maximum Gasteiger partial charge on any atom is 0.251 e. The van der Waals surface area contributed by atoms with Crippen molar-refractivity contribution in [2.75, 3.05) is 37.7 Å². The number of benzene rings is 3. The summed E-state index contributed by atoms with van der Waals surface area (Å²) in [5, 5.41) is 0. The third-order valence-electron chi connectivity index (χ3n) is 6.91. The van der Waals surface area contributed by atoms with E-state index >= 15 is 0 Å². The first kappa shape index (κ1) is 23.3. The predicted octanol–water partition coefficient (Wildman–Crippen LogP) is 4.12. The molecule has 6 heteroatoms. The lowest BCUT2D eigenvalue weighted by Crippen LogP contribution is -2.53. The van der Waals surface area contributed by atoms with Crippen LogP contribution in [0, 0.1) is 0 Å². The molecule has 5 rings (SSSR count). The molecule has 2 aliphatic heterocycles. The van der Waals surface area contributed by atoms with Crippen molar-refractivity contribution in [1.29, 1.82) is 0 Å². The molecule has 0 aromatic heterocycles. The smallest absolute Gasteiger partial charge is 0.251 e. The molecule has 2 aliphatic rings. The molecule has 1 unspecified atom stereocenters. The van der Waals surface area contributed by atoms with Crippen LogP contribution in [0.15, 0.2) is 84.9 Å². The largest absolute Gasteiger partial charge is 0.494 e. The molecule has 2 saturated heterocycles. The van der Waals surface area contributed by atoms with Gasteiger partial charge in [-0.1, -0.05) is 60.7 Å². The Morgan fingerprint density at radius 2 is 1.37 bits per heavy atom. The van der Waals surface area contributed by atoms with Crippen LogP contribution in [0.1, 0.15) is 30.5 Å². The monoisotopic (exact) mass is 469 g/mol. The van der Waals surface area contributed by atoms with Gasteiger partial charge in [0.2, 0.25) is 5.91 Å². The van der Waals surface area contributed by atoms with E-state index in [0.29, 0.717) is 12.3 Å². The van der Waals surface area contributed by atoms with Crippen LogP contribution in [0.2, 0.25) is 0 Å². The lowest BCUT2D eigenvalue weighted by molar-refractivity contribution is -0.123. The summed E-state index contributed by atoms with van der Waals surface area (Å²) in [6.45, 7) is 5.65. The van der Waals surface area contributed by atoms with Gasteiger partial charge in [-0.25, -0.2) is 4.90 Å².